The quantitative estimate of drug-likeness (QED) is 0.797. The van der Waals surface area contributed by atoms with Crippen LogP contribution in [0.2, 0.25) is 5.02 Å². The molecular weight excluding hydrogens is 282 g/mol. The average Bonchev–Trinajstić information content (AvgIpc) is 2.70. The van der Waals surface area contributed by atoms with Gasteiger partial charge in [-0.1, -0.05) is 44.2 Å². The molecule has 0 spiro atoms. The molecule has 21 heavy (non-hydrogen) atoms. The molecule has 1 aliphatic rings. The second-order valence-corrected chi connectivity index (χ2v) is 6.61. The largest absolute Gasteiger partial charge is 0.316 e. The molecule has 1 aromatic rings. The molecule has 1 saturated carbocycles. The van der Waals surface area contributed by atoms with E-state index >= 15 is 0 Å². The van der Waals surface area contributed by atoms with Gasteiger partial charge in [-0.2, -0.15) is 5.10 Å². The number of likely N-dealkylation sites (N-methyl/N-ethyl adjacent to an activating group) is 1. The maximum Gasteiger partial charge on any atom is 0.0850 e. The predicted molar refractivity (Wildman–Crippen MR) is 90.0 cm³/mol. The van der Waals surface area contributed by atoms with Gasteiger partial charge >= 0.3 is 0 Å². The smallest absolute Gasteiger partial charge is 0.0850 e. The number of hydrogen-bond acceptors (Lipinski definition) is 2. The number of rotatable bonds is 6. The first-order valence-electron chi connectivity index (χ1n) is 8.62. The van der Waals surface area contributed by atoms with Crippen molar-refractivity contribution in [1.29, 1.82) is 0 Å². The van der Waals surface area contributed by atoms with Gasteiger partial charge in [-0.05, 0) is 39.2 Å². The molecule has 1 heterocycles. The molecule has 0 amide bonds. The summed E-state index contributed by atoms with van der Waals surface area (Å²) < 4.78 is 2.10. The minimum atomic E-state index is 0.521. The van der Waals surface area contributed by atoms with Gasteiger partial charge < -0.3 is 5.32 Å². The van der Waals surface area contributed by atoms with Gasteiger partial charge in [0.2, 0.25) is 0 Å². The fraction of sp³-hybridized carbons (Fsp3) is 0.824. The molecule has 2 rings (SSSR count). The van der Waals surface area contributed by atoms with Crippen LogP contribution in [-0.4, -0.2) is 22.9 Å². The zero-order valence-corrected chi connectivity index (χ0v) is 14.5. The summed E-state index contributed by atoms with van der Waals surface area (Å²) in [5, 5.41) is 9.11. The summed E-state index contributed by atoms with van der Waals surface area (Å²) >= 11 is 6.57. The van der Waals surface area contributed by atoms with E-state index in [4.69, 9.17) is 11.6 Å². The molecule has 0 aliphatic heterocycles. The lowest BCUT2D eigenvalue weighted by Crippen LogP contribution is -2.36. The van der Waals surface area contributed by atoms with Crippen LogP contribution in [0.3, 0.4) is 0 Å². The van der Waals surface area contributed by atoms with E-state index in [9.17, 15) is 0 Å². The molecule has 1 fully saturated rings. The Kier molecular flexibility index (Phi) is 6.56. The van der Waals surface area contributed by atoms with Crippen LogP contribution in [0.1, 0.15) is 63.8 Å². The van der Waals surface area contributed by atoms with Gasteiger partial charge in [-0.15, -0.1) is 0 Å². The Hall–Kier alpha value is -0.540. The van der Waals surface area contributed by atoms with E-state index in [2.05, 4.69) is 36.0 Å². The van der Waals surface area contributed by atoms with Crippen molar-refractivity contribution < 1.29 is 0 Å². The lowest BCUT2D eigenvalue weighted by molar-refractivity contribution is 0.327. The minimum Gasteiger partial charge on any atom is -0.316 e. The van der Waals surface area contributed by atoms with Crippen molar-refractivity contribution in [3.63, 3.8) is 0 Å². The van der Waals surface area contributed by atoms with E-state index in [1.54, 1.807) is 0 Å². The molecule has 120 valence electrons. The van der Waals surface area contributed by atoms with Crippen LogP contribution in [0, 0.1) is 5.92 Å². The van der Waals surface area contributed by atoms with Crippen molar-refractivity contribution >= 4 is 11.6 Å². The molecule has 3 nitrogen and oxygen atoms in total. The first-order valence-corrected chi connectivity index (χ1v) is 9.00. The summed E-state index contributed by atoms with van der Waals surface area (Å²) in [6.45, 7) is 5.17. The lowest BCUT2D eigenvalue weighted by atomic mass is 9.89. The molecule has 4 heteroatoms. The molecule has 0 aromatic carbocycles. The number of nitrogens with one attached hydrogen (secondary N) is 1. The SMILES string of the molecule is CCc1nn(CC)c(CC(NC)C2CCCCCC2)c1Cl. The van der Waals surface area contributed by atoms with E-state index in [1.807, 2.05) is 0 Å². The van der Waals surface area contributed by atoms with E-state index in [0.29, 0.717) is 6.04 Å². The average molecular weight is 312 g/mol. The highest BCUT2D eigenvalue weighted by Gasteiger charge is 2.25. The fourth-order valence-corrected chi connectivity index (χ4v) is 3.98. The predicted octanol–water partition coefficient (Wildman–Crippen LogP) is 4.22. The maximum atomic E-state index is 6.57. The number of hydrogen-bond donors (Lipinski definition) is 1. The normalized spacial score (nSPS) is 18.7. The summed E-state index contributed by atoms with van der Waals surface area (Å²) in [6.07, 6.45) is 10.2. The van der Waals surface area contributed by atoms with Crippen molar-refractivity contribution in [2.45, 2.75) is 77.8 Å². The summed E-state index contributed by atoms with van der Waals surface area (Å²) in [5.41, 5.74) is 2.27. The van der Waals surface area contributed by atoms with Gasteiger partial charge in [0.1, 0.15) is 0 Å². The first kappa shape index (κ1) is 16.8. The van der Waals surface area contributed by atoms with E-state index in [1.165, 1.54) is 44.2 Å². The van der Waals surface area contributed by atoms with Gasteiger partial charge in [0, 0.05) is 19.0 Å². The highest BCUT2D eigenvalue weighted by molar-refractivity contribution is 6.31. The molecule has 1 aliphatic carbocycles. The second-order valence-electron chi connectivity index (χ2n) is 6.23. The van der Waals surface area contributed by atoms with Gasteiger partial charge in [-0.25, -0.2) is 0 Å². The van der Waals surface area contributed by atoms with E-state index < -0.39 is 0 Å². The summed E-state index contributed by atoms with van der Waals surface area (Å²) in [6, 6.07) is 0.521. The number of aryl methyl sites for hydroxylation is 2. The third kappa shape index (κ3) is 4.01. The molecule has 0 bridgehead atoms. The Labute approximate surface area is 134 Å². The molecule has 0 radical (unpaired) electrons. The van der Waals surface area contributed by atoms with Crippen LogP contribution in [0.5, 0.6) is 0 Å². The van der Waals surface area contributed by atoms with Crippen LogP contribution in [0.25, 0.3) is 0 Å². The van der Waals surface area contributed by atoms with Crippen LogP contribution >= 0.6 is 11.6 Å². The summed E-state index contributed by atoms with van der Waals surface area (Å²) in [4.78, 5) is 0. The molecule has 1 aromatic heterocycles. The van der Waals surface area contributed by atoms with Gasteiger partial charge in [0.25, 0.3) is 0 Å². The third-order valence-corrected chi connectivity index (χ3v) is 5.38. The zero-order chi connectivity index (χ0) is 15.2. The standard InChI is InChI=1S/C17H30ClN3/c1-4-14-17(18)16(21(5-2)20-14)12-15(19-3)13-10-8-6-7-9-11-13/h13,15,19H,4-12H2,1-3H3. The van der Waals surface area contributed by atoms with Crippen molar-refractivity contribution in [2.24, 2.45) is 5.92 Å². The Morgan fingerprint density at radius 1 is 1.24 bits per heavy atom. The monoisotopic (exact) mass is 311 g/mol. The number of nitrogens with zero attached hydrogens (tertiary/aromatic N) is 2. The first-order chi connectivity index (χ1) is 10.2. The topological polar surface area (TPSA) is 29.9 Å². The Bertz CT molecular complexity index is 433. The van der Waals surface area contributed by atoms with Crippen molar-refractivity contribution in [1.82, 2.24) is 15.1 Å². The third-order valence-electron chi connectivity index (χ3n) is 4.95. The van der Waals surface area contributed by atoms with Crippen LogP contribution < -0.4 is 5.32 Å². The van der Waals surface area contributed by atoms with Crippen LogP contribution in [-0.2, 0) is 19.4 Å². The Morgan fingerprint density at radius 3 is 2.43 bits per heavy atom. The number of aromatic nitrogens is 2. The minimum absolute atomic E-state index is 0.521. The highest BCUT2D eigenvalue weighted by atomic mass is 35.5. The van der Waals surface area contributed by atoms with Crippen molar-refractivity contribution in [2.75, 3.05) is 7.05 Å². The molecular formula is C17H30ClN3. The van der Waals surface area contributed by atoms with Gasteiger partial charge in [0.05, 0.1) is 16.4 Å². The molecule has 1 atom stereocenters. The summed E-state index contributed by atoms with van der Waals surface area (Å²) in [5.74, 6) is 0.777. The molecule has 0 saturated heterocycles. The molecule has 1 unspecified atom stereocenters. The molecule has 1 N–H and O–H groups in total. The van der Waals surface area contributed by atoms with Gasteiger partial charge in [0.15, 0.2) is 0 Å². The second kappa shape index (κ2) is 8.19. The van der Waals surface area contributed by atoms with Crippen molar-refractivity contribution in [3.05, 3.63) is 16.4 Å². The fourth-order valence-electron chi connectivity index (χ4n) is 3.64. The van der Waals surface area contributed by atoms with Crippen molar-refractivity contribution in [3.8, 4) is 0 Å². The Morgan fingerprint density at radius 2 is 1.90 bits per heavy atom. The lowest BCUT2D eigenvalue weighted by Gasteiger charge is -2.26. The number of halogens is 1. The maximum absolute atomic E-state index is 6.57. The van der Waals surface area contributed by atoms with E-state index in [-0.39, 0.29) is 0 Å². The summed E-state index contributed by atoms with van der Waals surface area (Å²) in [7, 11) is 2.09. The Balaban J connectivity index is 2.15. The highest BCUT2D eigenvalue weighted by Crippen LogP contribution is 2.29. The van der Waals surface area contributed by atoms with Gasteiger partial charge in [-0.3, -0.25) is 4.68 Å². The van der Waals surface area contributed by atoms with Crippen LogP contribution in [0.15, 0.2) is 0 Å². The van der Waals surface area contributed by atoms with E-state index in [0.717, 1.165) is 36.0 Å². The zero-order valence-electron chi connectivity index (χ0n) is 13.8. The van der Waals surface area contributed by atoms with Crippen LogP contribution in [0.4, 0.5) is 0 Å².